The molecular formula is C17H17N3. The lowest BCUT2D eigenvalue weighted by Crippen LogP contribution is -2.18. The van der Waals surface area contributed by atoms with E-state index in [0.29, 0.717) is 0 Å². The Labute approximate surface area is 118 Å². The monoisotopic (exact) mass is 263 g/mol. The van der Waals surface area contributed by atoms with E-state index in [1.54, 1.807) is 0 Å². The van der Waals surface area contributed by atoms with Crippen molar-refractivity contribution in [2.24, 2.45) is 0 Å². The Kier molecular flexibility index (Phi) is 3.44. The van der Waals surface area contributed by atoms with E-state index in [0.717, 1.165) is 11.2 Å². The van der Waals surface area contributed by atoms with Gasteiger partial charge in [0.2, 0.25) is 0 Å². The van der Waals surface area contributed by atoms with Gasteiger partial charge in [0.25, 0.3) is 0 Å². The van der Waals surface area contributed by atoms with Crippen molar-refractivity contribution in [3.63, 3.8) is 0 Å². The van der Waals surface area contributed by atoms with E-state index in [-0.39, 0.29) is 6.04 Å². The summed E-state index contributed by atoms with van der Waals surface area (Å²) >= 11 is 0. The standard InChI is InChI=1S/C17H17N3/c1-12-11-13(8-10-19-12)17(18-2)15-5-3-7-16-14(15)6-4-9-20-16/h3-11,17-18H,1-2H3. The Morgan fingerprint density at radius 1 is 1.00 bits per heavy atom. The number of benzene rings is 1. The zero-order valence-corrected chi connectivity index (χ0v) is 11.7. The van der Waals surface area contributed by atoms with E-state index in [9.17, 15) is 0 Å². The van der Waals surface area contributed by atoms with Gasteiger partial charge in [0.15, 0.2) is 0 Å². The highest BCUT2D eigenvalue weighted by atomic mass is 14.9. The summed E-state index contributed by atoms with van der Waals surface area (Å²) in [6, 6.07) is 14.7. The van der Waals surface area contributed by atoms with Gasteiger partial charge in [-0.3, -0.25) is 9.97 Å². The van der Waals surface area contributed by atoms with Crippen LogP contribution in [0.15, 0.2) is 54.9 Å². The average molecular weight is 263 g/mol. The topological polar surface area (TPSA) is 37.8 Å². The first-order chi connectivity index (χ1) is 9.79. The quantitative estimate of drug-likeness (QED) is 0.788. The van der Waals surface area contributed by atoms with Gasteiger partial charge >= 0.3 is 0 Å². The summed E-state index contributed by atoms with van der Waals surface area (Å²) in [7, 11) is 1.98. The largest absolute Gasteiger partial charge is 0.309 e. The number of rotatable bonds is 3. The predicted octanol–water partition coefficient (Wildman–Crippen LogP) is 3.25. The van der Waals surface area contributed by atoms with Crippen LogP contribution in [0.2, 0.25) is 0 Å². The van der Waals surface area contributed by atoms with Crippen LogP contribution in [0.3, 0.4) is 0 Å². The van der Waals surface area contributed by atoms with Crippen LogP contribution >= 0.6 is 0 Å². The molecule has 0 aliphatic carbocycles. The van der Waals surface area contributed by atoms with Crippen molar-refractivity contribution >= 4 is 10.9 Å². The zero-order valence-electron chi connectivity index (χ0n) is 11.7. The van der Waals surface area contributed by atoms with Gasteiger partial charge in [-0.15, -0.1) is 0 Å². The molecular weight excluding hydrogens is 246 g/mol. The third-order valence-corrected chi connectivity index (χ3v) is 3.53. The molecule has 100 valence electrons. The fourth-order valence-corrected chi connectivity index (χ4v) is 2.63. The van der Waals surface area contributed by atoms with E-state index in [2.05, 4.69) is 45.6 Å². The second kappa shape index (κ2) is 5.39. The first-order valence-electron chi connectivity index (χ1n) is 6.73. The molecule has 1 N–H and O–H groups in total. The zero-order chi connectivity index (χ0) is 13.9. The van der Waals surface area contributed by atoms with Gasteiger partial charge in [-0.2, -0.15) is 0 Å². The summed E-state index contributed by atoms with van der Waals surface area (Å²) in [5.41, 5.74) is 4.51. The second-order valence-corrected chi connectivity index (χ2v) is 4.87. The first-order valence-corrected chi connectivity index (χ1v) is 6.73. The molecule has 0 radical (unpaired) electrons. The van der Waals surface area contributed by atoms with Gasteiger partial charge in [-0.1, -0.05) is 18.2 Å². The number of hydrogen-bond donors (Lipinski definition) is 1. The molecule has 0 aliphatic heterocycles. The van der Waals surface area contributed by atoms with Gasteiger partial charge in [-0.25, -0.2) is 0 Å². The summed E-state index contributed by atoms with van der Waals surface area (Å²) in [4.78, 5) is 8.70. The smallest absolute Gasteiger partial charge is 0.0705 e. The molecule has 0 spiro atoms. The minimum absolute atomic E-state index is 0.143. The van der Waals surface area contributed by atoms with Crippen LogP contribution in [-0.4, -0.2) is 17.0 Å². The summed E-state index contributed by atoms with van der Waals surface area (Å²) in [5.74, 6) is 0. The van der Waals surface area contributed by atoms with Crippen molar-refractivity contribution in [3.8, 4) is 0 Å². The van der Waals surface area contributed by atoms with E-state index in [4.69, 9.17) is 0 Å². The van der Waals surface area contributed by atoms with Crippen molar-refractivity contribution in [2.75, 3.05) is 7.05 Å². The Hall–Kier alpha value is -2.26. The molecule has 0 bridgehead atoms. The Morgan fingerprint density at radius 3 is 2.70 bits per heavy atom. The lowest BCUT2D eigenvalue weighted by molar-refractivity contribution is 0.694. The third-order valence-electron chi connectivity index (χ3n) is 3.53. The average Bonchev–Trinajstić information content (AvgIpc) is 2.48. The summed E-state index contributed by atoms with van der Waals surface area (Å²) in [6.07, 6.45) is 3.69. The molecule has 0 saturated carbocycles. The number of fused-ring (bicyclic) bond motifs is 1. The molecule has 1 unspecified atom stereocenters. The van der Waals surface area contributed by atoms with E-state index in [1.165, 1.54) is 16.5 Å². The number of nitrogens with one attached hydrogen (secondary N) is 1. The summed E-state index contributed by atoms with van der Waals surface area (Å²) in [6.45, 7) is 2.01. The minimum atomic E-state index is 0.143. The maximum absolute atomic E-state index is 4.43. The Morgan fingerprint density at radius 2 is 1.90 bits per heavy atom. The van der Waals surface area contributed by atoms with Crippen LogP contribution < -0.4 is 5.32 Å². The molecule has 2 heterocycles. The Bertz CT molecular complexity index is 732. The third kappa shape index (κ3) is 2.28. The SMILES string of the molecule is CNC(c1ccnc(C)c1)c1cccc2ncccc12. The van der Waals surface area contributed by atoms with Crippen LogP contribution in [0.4, 0.5) is 0 Å². The molecule has 3 aromatic rings. The van der Waals surface area contributed by atoms with Crippen molar-refractivity contribution < 1.29 is 0 Å². The normalized spacial score (nSPS) is 12.5. The molecule has 20 heavy (non-hydrogen) atoms. The molecule has 1 aromatic carbocycles. The highest BCUT2D eigenvalue weighted by Crippen LogP contribution is 2.27. The van der Waals surface area contributed by atoms with E-state index >= 15 is 0 Å². The lowest BCUT2D eigenvalue weighted by Gasteiger charge is -2.19. The van der Waals surface area contributed by atoms with Gasteiger partial charge in [0.05, 0.1) is 11.6 Å². The summed E-state index contributed by atoms with van der Waals surface area (Å²) < 4.78 is 0. The van der Waals surface area contributed by atoms with Gasteiger partial charge in [0, 0.05) is 23.5 Å². The number of pyridine rings is 2. The van der Waals surface area contributed by atoms with Crippen LogP contribution in [0.25, 0.3) is 10.9 Å². The van der Waals surface area contributed by atoms with Crippen molar-refractivity contribution in [2.45, 2.75) is 13.0 Å². The van der Waals surface area contributed by atoms with E-state index < -0.39 is 0 Å². The number of nitrogens with zero attached hydrogens (tertiary/aromatic N) is 2. The molecule has 1 atom stereocenters. The van der Waals surface area contributed by atoms with Gasteiger partial charge in [0.1, 0.15) is 0 Å². The molecule has 0 aliphatic rings. The molecule has 2 aromatic heterocycles. The van der Waals surface area contributed by atoms with Crippen LogP contribution in [0, 0.1) is 6.92 Å². The highest BCUT2D eigenvalue weighted by Gasteiger charge is 2.15. The van der Waals surface area contributed by atoms with Gasteiger partial charge < -0.3 is 5.32 Å². The minimum Gasteiger partial charge on any atom is -0.309 e. The number of hydrogen-bond acceptors (Lipinski definition) is 3. The fraction of sp³-hybridized carbons (Fsp3) is 0.176. The molecule has 0 fully saturated rings. The van der Waals surface area contributed by atoms with Crippen molar-refractivity contribution in [3.05, 3.63) is 71.7 Å². The molecule has 3 nitrogen and oxygen atoms in total. The van der Waals surface area contributed by atoms with Gasteiger partial charge in [-0.05, 0) is 49.4 Å². The highest BCUT2D eigenvalue weighted by molar-refractivity contribution is 5.82. The molecule has 0 saturated heterocycles. The summed E-state index contributed by atoms with van der Waals surface area (Å²) in [5, 5.41) is 4.58. The number of aromatic nitrogens is 2. The maximum atomic E-state index is 4.43. The Balaban J connectivity index is 2.17. The lowest BCUT2D eigenvalue weighted by atomic mass is 9.95. The van der Waals surface area contributed by atoms with Crippen molar-refractivity contribution in [1.29, 1.82) is 0 Å². The maximum Gasteiger partial charge on any atom is 0.0705 e. The van der Waals surface area contributed by atoms with Crippen LogP contribution in [-0.2, 0) is 0 Å². The van der Waals surface area contributed by atoms with E-state index in [1.807, 2.05) is 38.5 Å². The predicted molar refractivity (Wildman–Crippen MR) is 81.6 cm³/mol. The van der Waals surface area contributed by atoms with Crippen molar-refractivity contribution in [1.82, 2.24) is 15.3 Å². The van der Waals surface area contributed by atoms with Crippen LogP contribution in [0.5, 0.6) is 0 Å². The second-order valence-electron chi connectivity index (χ2n) is 4.87. The molecule has 0 amide bonds. The molecule has 3 rings (SSSR count). The number of aryl methyl sites for hydroxylation is 1. The van der Waals surface area contributed by atoms with Crippen LogP contribution in [0.1, 0.15) is 22.9 Å². The molecule has 3 heteroatoms. The fourth-order valence-electron chi connectivity index (χ4n) is 2.63. The first kappa shape index (κ1) is 12.8.